The summed E-state index contributed by atoms with van der Waals surface area (Å²) < 4.78 is 19.6. The number of allylic oxidation sites excluding steroid dienone is 4. The second-order valence-electron chi connectivity index (χ2n) is 5.70. The Bertz CT molecular complexity index is 1000. The number of ketones is 1. The number of hydrogen-bond donors (Lipinski definition) is 1. The third-order valence-electron chi connectivity index (χ3n) is 4.11. The number of carbonyl (C=O) groups excluding carboxylic acids is 1. The molecule has 2 heterocycles. The molecule has 0 atom stereocenters. The Morgan fingerprint density at radius 3 is 2.81 bits per heavy atom. The normalized spacial score (nSPS) is 16.5. The first-order valence-corrected chi connectivity index (χ1v) is 8.45. The SMILES string of the molecule is COC1=C(F)CC2=NC(C)=C(CC(=O)O)C2=C1C(=O)c1csc(C#N)c1. The molecule has 0 fully saturated rings. The highest BCUT2D eigenvalue weighted by Gasteiger charge is 2.37. The molecule has 26 heavy (non-hydrogen) atoms. The molecule has 0 aromatic carbocycles. The molecule has 2 aliphatic rings. The number of ether oxygens (including phenoxy) is 1. The molecule has 1 aromatic heterocycles. The van der Waals surface area contributed by atoms with E-state index in [1.54, 1.807) is 6.92 Å². The van der Waals surface area contributed by atoms with Crippen LogP contribution in [0.25, 0.3) is 0 Å². The van der Waals surface area contributed by atoms with E-state index in [2.05, 4.69) is 4.99 Å². The maximum Gasteiger partial charge on any atom is 0.307 e. The van der Waals surface area contributed by atoms with Crippen molar-refractivity contribution in [2.75, 3.05) is 7.11 Å². The molecular weight excluding hydrogens is 359 g/mol. The van der Waals surface area contributed by atoms with Crippen molar-refractivity contribution in [1.29, 1.82) is 5.26 Å². The number of carboxylic acid groups (broad SMARTS) is 1. The van der Waals surface area contributed by atoms with Crippen LogP contribution in [0.5, 0.6) is 0 Å². The molecule has 0 amide bonds. The van der Waals surface area contributed by atoms with Crippen LogP contribution >= 0.6 is 11.3 Å². The summed E-state index contributed by atoms with van der Waals surface area (Å²) in [4.78, 5) is 28.9. The molecule has 3 rings (SSSR count). The largest absolute Gasteiger partial charge is 0.493 e. The lowest BCUT2D eigenvalue weighted by Crippen LogP contribution is -2.21. The van der Waals surface area contributed by atoms with Crippen LogP contribution < -0.4 is 0 Å². The van der Waals surface area contributed by atoms with Crippen molar-refractivity contribution in [3.8, 4) is 6.07 Å². The second kappa shape index (κ2) is 6.69. The van der Waals surface area contributed by atoms with Gasteiger partial charge >= 0.3 is 5.97 Å². The van der Waals surface area contributed by atoms with Gasteiger partial charge in [-0.2, -0.15) is 5.26 Å². The number of halogens is 1. The minimum absolute atomic E-state index is 0.0506. The topological polar surface area (TPSA) is 99.8 Å². The van der Waals surface area contributed by atoms with Crippen LogP contribution in [0.15, 0.2) is 50.4 Å². The summed E-state index contributed by atoms with van der Waals surface area (Å²) >= 11 is 1.10. The van der Waals surface area contributed by atoms with E-state index in [9.17, 15) is 19.1 Å². The standard InChI is InChI=1S/C18H13FN2O4S/c1-8-11(4-14(22)23)15-13(21-8)5-12(19)18(25-2)16(15)17(24)9-3-10(6-20)26-7-9/h3,7H,4-5H2,1-2H3,(H,22,23). The molecule has 1 aliphatic carbocycles. The number of Topliss-reactive ketones (excluding diaryl/α,β-unsaturated/α-hetero) is 1. The molecule has 0 saturated carbocycles. The number of thiophene rings is 1. The van der Waals surface area contributed by atoms with Gasteiger partial charge in [0, 0.05) is 28.6 Å². The predicted octanol–water partition coefficient (Wildman–Crippen LogP) is 3.53. The number of carbonyl (C=O) groups is 2. The van der Waals surface area contributed by atoms with Gasteiger partial charge in [-0.1, -0.05) is 0 Å². The number of aliphatic imine (C=N–C) groups is 1. The van der Waals surface area contributed by atoms with Crippen molar-refractivity contribution < 1.29 is 23.8 Å². The molecule has 132 valence electrons. The third-order valence-corrected chi connectivity index (χ3v) is 4.94. The molecule has 0 spiro atoms. The monoisotopic (exact) mass is 372 g/mol. The number of fused-ring (bicyclic) bond motifs is 1. The molecule has 0 saturated heterocycles. The van der Waals surface area contributed by atoms with Crippen molar-refractivity contribution >= 4 is 28.8 Å². The van der Waals surface area contributed by atoms with Gasteiger partial charge in [-0.05, 0) is 18.6 Å². The first-order chi connectivity index (χ1) is 12.4. The Balaban J connectivity index is 2.22. The summed E-state index contributed by atoms with van der Waals surface area (Å²) in [5.41, 5.74) is 1.61. The second-order valence-corrected chi connectivity index (χ2v) is 6.61. The number of rotatable bonds is 5. The van der Waals surface area contributed by atoms with Gasteiger partial charge < -0.3 is 9.84 Å². The minimum atomic E-state index is -1.08. The van der Waals surface area contributed by atoms with Gasteiger partial charge in [-0.25, -0.2) is 4.39 Å². The van der Waals surface area contributed by atoms with Crippen LogP contribution in [-0.2, 0) is 9.53 Å². The van der Waals surface area contributed by atoms with Gasteiger partial charge in [0.05, 0.1) is 24.8 Å². The molecule has 1 aromatic rings. The van der Waals surface area contributed by atoms with Gasteiger partial charge in [-0.3, -0.25) is 14.6 Å². The molecule has 0 radical (unpaired) electrons. The first kappa shape index (κ1) is 17.8. The zero-order valence-corrected chi connectivity index (χ0v) is 14.7. The summed E-state index contributed by atoms with van der Waals surface area (Å²) in [5.74, 6) is -2.47. The zero-order chi connectivity index (χ0) is 19.0. The number of nitriles is 1. The van der Waals surface area contributed by atoms with E-state index in [0.717, 1.165) is 11.3 Å². The lowest BCUT2D eigenvalue weighted by Gasteiger charge is -2.21. The van der Waals surface area contributed by atoms with Crippen molar-refractivity contribution in [3.63, 3.8) is 0 Å². The van der Waals surface area contributed by atoms with E-state index in [4.69, 9.17) is 10.00 Å². The van der Waals surface area contributed by atoms with Gasteiger partial charge in [0.2, 0.25) is 0 Å². The average Bonchev–Trinajstić information content (AvgIpc) is 3.18. The summed E-state index contributed by atoms with van der Waals surface area (Å²) in [6, 6.07) is 3.37. The maximum atomic E-state index is 14.5. The van der Waals surface area contributed by atoms with Crippen LogP contribution in [-0.4, -0.2) is 29.7 Å². The molecule has 8 heteroatoms. The maximum absolute atomic E-state index is 14.5. The Labute approximate surface area is 152 Å². The summed E-state index contributed by atoms with van der Waals surface area (Å²) in [5, 5.41) is 19.7. The fraction of sp³-hybridized carbons (Fsp3) is 0.222. The lowest BCUT2D eigenvalue weighted by atomic mass is 9.84. The van der Waals surface area contributed by atoms with Crippen LogP contribution in [0.3, 0.4) is 0 Å². The first-order valence-electron chi connectivity index (χ1n) is 7.57. The van der Waals surface area contributed by atoms with E-state index in [-0.39, 0.29) is 29.7 Å². The van der Waals surface area contributed by atoms with Gasteiger partial charge in [-0.15, -0.1) is 11.3 Å². The number of nitrogens with zero attached hydrogens (tertiary/aromatic N) is 2. The predicted molar refractivity (Wildman–Crippen MR) is 92.5 cm³/mol. The average molecular weight is 372 g/mol. The minimum Gasteiger partial charge on any atom is -0.493 e. The van der Waals surface area contributed by atoms with Crippen LogP contribution in [0.1, 0.15) is 35.0 Å². The Hall–Kier alpha value is -3.05. The summed E-state index contributed by atoms with van der Waals surface area (Å²) in [6.45, 7) is 1.63. The van der Waals surface area contributed by atoms with Crippen LogP contribution in [0, 0.1) is 11.3 Å². The molecule has 1 aliphatic heterocycles. The van der Waals surface area contributed by atoms with Crippen LogP contribution in [0.4, 0.5) is 4.39 Å². The number of methoxy groups -OCH3 is 1. The van der Waals surface area contributed by atoms with E-state index >= 15 is 0 Å². The van der Waals surface area contributed by atoms with Crippen molar-refractivity contribution in [1.82, 2.24) is 0 Å². The quantitative estimate of drug-likeness (QED) is 0.797. The molecule has 1 N–H and O–H groups in total. The van der Waals surface area contributed by atoms with Crippen molar-refractivity contribution in [2.24, 2.45) is 4.99 Å². The third kappa shape index (κ3) is 2.86. The lowest BCUT2D eigenvalue weighted by molar-refractivity contribution is -0.136. The van der Waals surface area contributed by atoms with Crippen molar-refractivity contribution in [3.05, 3.63) is 55.9 Å². The molecular formula is C18H13FN2O4S. The number of carboxylic acids is 1. The highest BCUT2D eigenvalue weighted by molar-refractivity contribution is 7.10. The number of hydrogen-bond acceptors (Lipinski definition) is 6. The molecule has 6 nitrogen and oxygen atoms in total. The molecule has 0 unspecified atom stereocenters. The number of aliphatic carboxylic acids is 1. The molecule has 0 bridgehead atoms. The van der Waals surface area contributed by atoms with E-state index in [1.165, 1.54) is 18.6 Å². The van der Waals surface area contributed by atoms with E-state index in [0.29, 0.717) is 27.4 Å². The fourth-order valence-electron chi connectivity index (χ4n) is 3.04. The highest BCUT2D eigenvalue weighted by atomic mass is 32.1. The highest BCUT2D eigenvalue weighted by Crippen LogP contribution is 2.41. The van der Waals surface area contributed by atoms with Gasteiger partial charge in [0.1, 0.15) is 16.8 Å². The van der Waals surface area contributed by atoms with E-state index < -0.39 is 17.6 Å². The Kier molecular flexibility index (Phi) is 4.57. The summed E-state index contributed by atoms with van der Waals surface area (Å²) in [6.07, 6.45) is -0.501. The Morgan fingerprint density at radius 2 is 2.23 bits per heavy atom. The summed E-state index contributed by atoms with van der Waals surface area (Å²) in [7, 11) is 1.25. The van der Waals surface area contributed by atoms with Crippen LogP contribution in [0.2, 0.25) is 0 Å². The van der Waals surface area contributed by atoms with Gasteiger partial charge in [0.25, 0.3) is 0 Å². The zero-order valence-electron chi connectivity index (χ0n) is 13.9. The Morgan fingerprint density at radius 1 is 1.50 bits per heavy atom. The fourth-order valence-corrected chi connectivity index (χ4v) is 3.71. The van der Waals surface area contributed by atoms with E-state index in [1.807, 2.05) is 6.07 Å². The smallest absolute Gasteiger partial charge is 0.307 e. The van der Waals surface area contributed by atoms with Crippen molar-refractivity contribution in [2.45, 2.75) is 19.8 Å². The van der Waals surface area contributed by atoms with Gasteiger partial charge in [0.15, 0.2) is 11.5 Å².